The third kappa shape index (κ3) is 5.13. The van der Waals surface area contributed by atoms with Crippen LogP contribution >= 0.6 is 11.6 Å². The van der Waals surface area contributed by atoms with Crippen LogP contribution in [-0.2, 0) is 18.4 Å². The number of carbonyl (C=O) groups is 1. The molecule has 7 nitrogen and oxygen atoms in total. The largest absolute Gasteiger partial charge is 0.487 e. The van der Waals surface area contributed by atoms with Crippen LogP contribution in [-0.4, -0.2) is 31.9 Å². The van der Waals surface area contributed by atoms with E-state index in [-0.39, 0.29) is 11.6 Å². The lowest BCUT2D eigenvalue weighted by Gasteiger charge is -2.21. The van der Waals surface area contributed by atoms with Crippen LogP contribution < -0.4 is 10.1 Å². The summed E-state index contributed by atoms with van der Waals surface area (Å²) in [6, 6.07) is 11.5. The molecular weight excluding hydrogens is 471 g/mol. The summed E-state index contributed by atoms with van der Waals surface area (Å²) in [5, 5.41) is 17.6. The van der Waals surface area contributed by atoms with Gasteiger partial charge in [0.1, 0.15) is 29.8 Å². The molecule has 2 N–H and O–H groups in total. The Kier molecular flexibility index (Phi) is 7.05. The normalized spacial score (nSPS) is 13.0. The number of rotatable bonds is 7. The predicted octanol–water partition coefficient (Wildman–Crippen LogP) is 4.87. The van der Waals surface area contributed by atoms with Crippen molar-refractivity contribution in [1.29, 1.82) is 0 Å². The number of halogens is 2. The van der Waals surface area contributed by atoms with Gasteiger partial charge in [-0.15, -0.1) is 0 Å². The molecule has 0 aliphatic rings. The third-order valence-electron chi connectivity index (χ3n) is 5.80. The fourth-order valence-corrected chi connectivity index (χ4v) is 4.31. The van der Waals surface area contributed by atoms with Gasteiger partial charge in [0.15, 0.2) is 0 Å². The maximum absolute atomic E-state index is 14.2. The Balaban J connectivity index is 1.71. The van der Waals surface area contributed by atoms with Gasteiger partial charge in [0.2, 0.25) is 5.91 Å². The maximum atomic E-state index is 14.2. The number of aliphatic hydroxyl groups excluding tert-OH is 1. The van der Waals surface area contributed by atoms with Crippen LogP contribution in [0, 0.1) is 12.7 Å². The number of hydrogen-bond donors (Lipinski definition) is 2. The third-order valence-corrected chi connectivity index (χ3v) is 6.14. The molecule has 182 valence electrons. The molecule has 0 unspecified atom stereocenters. The minimum absolute atomic E-state index is 0.0269. The zero-order chi connectivity index (χ0) is 25.3. The van der Waals surface area contributed by atoms with E-state index in [1.54, 1.807) is 17.8 Å². The van der Waals surface area contributed by atoms with Crippen LogP contribution in [0.3, 0.4) is 0 Å². The highest BCUT2D eigenvalue weighted by Gasteiger charge is 2.20. The molecule has 0 aliphatic carbocycles. The van der Waals surface area contributed by atoms with Crippen molar-refractivity contribution in [1.82, 2.24) is 20.1 Å². The molecule has 2 aromatic carbocycles. The van der Waals surface area contributed by atoms with Gasteiger partial charge in [-0.25, -0.2) is 9.37 Å². The van der Waals surface area contributed by atoms with Crippen molar-refractivity contribution in [2.45, 2.75) is 39.5 Å². The molecule has 0 saturated carbocycles. The average Bonchev–Trinajstić information content (AvgIpc) is 3.23. The lowest BCUT2D eigenvalue weighted by atomic mass is 10.0. The molecule has 0 bridgehead atoms. The second-order valence-electron chi connectivity index (χ2n) is 8.45. The number of nitrogens with one attached hydrogen (secondary N) is 1. The second kappa shape index (κ2) is 10.0. The average molecular weight is 497 g/mol. The molecule has 0 aliphatic heterocycles. The lowest BCUT2D eigenvalue weighted by Crippen LogP contribution is -2.34. The Hall–Kier alpha value is -3.49. The molecule has 4 rings (SSSR count). The number of aryl methyl sites for hydroxylation is 2. The van der Waals surface area contributed by atoms with Gasteiger partial charge in [-0.1, -0.05) is 23.7 Å². The number of aromatic nitrogens is 3. The molecule has 2 heterocycles. The highest BCUT2D eigenvalue weighted by molar-refractivity contribution is 6.31. The van der Waals surface area contributed by atoms with Crippen molar-refractivity contribution >= 4 is 28.4 Å². The van der Waals surface area contributed by atoms with Gasteiger partial charge in [0, 0.05) is 35.5 Å². The zero-order valence-electron chi connectivity index (χ0n) is 19.8. The standard InChI is InChI=1S/C26H26ClFN4O3/c1-14-10-20(23-8-9-29-32(23)4)18-6-5-7-24(25(18)30-14)35-13-21-19(11-17(28)12-22(21)27)15(2)31-26(34)16(3)33/h5-12,15-16,33H,13H2,1-4H3,(H,31,34)/t15-,16+/m0/s1. The van der Waals surface area contributed by atoms with Crippen molar-refractivity contribution in [2.75, 3.05) is 0 Å². The van der Waals surface area contributed by atoms with E-state index in [1.165, 1.54) is 19.1 Å². The van der Waals surface area contributed by atoms with E-state index in [2.05, 4.69) is 10.4 Å². The molecule has 4 aromatic rings. The first-order chi connectivity index (χ1) is 16.7. The summed E-state index contributed by atoms with van der Waals surface area (Å²) in [7, 11) is 1.88. The smallest absolute Gasteiger partial charge is 0.249 e. The minimum atomic E-state index is -1.19. The summed E-state index contributed by atoms with van der Waals surface area (Å²) in [5.41, 5.74) is 4.42. The first kappa shape index (κ1) is 24.6. The van der Waals surface area contributed by atoms with Crippen LogP contribution in [0.2, 0.25) is 5.02 Å². The number of carbonyl (C=O) groups excluding carboxylic acids is 1. The van der Waals surface area contributed by atoms with Gasteiger partial charge in [0.05, 0.1) is 16.8 Å². The summed E-state index contributed by atoms with van der Waals surface area (Å²) in [4.78, 5) is 16.7. The highest BCUT2D eigenvalue weighted by Crippen LogP contribution is 2.34. The summed E-state index contributed by atoms with van der Waals surface area (Å²) >= 11 is 6.39. The topological polar surface area (TPSA) is 89.3 Å². The fraction of sp³-hybridized carbons (Fsp3) is 0.269. The van der Waals surface area contributed by atoms with Crippen molar-refractivity contribution in [2.24, 2.45) is 7.05 Å². The highest BCUT2D eigenvalue weighted by atomic mass is 35.5. The Morgan fingerprint density at radius 2 is 2.03 bits per heavy atom. The van der Waals surface area contributed by atoms with E-state index < -0.39 is 23.9 Å². The molecule has 0 fully saturated rings. The van der Waals surface area contributed by atoms with Crippen molar-refractivity contribution < 1.29 is 19.0 Å². The fourth-order valence-electron chi connectivity index (χ4n) is 4.04. The van der Waals surface area contributed by atoms with E-state index >= 15 is 0 Å². The van der Waals surface area contributed by atoms with E-state index in [0.29, 0.717) is 22.4 Å². The first-order valence-electron chi connectivity index (χ1n) is 11.1. The van der Waals surface area contributed by atoms with Gasteiger partial charge in [-0.2, -0.15) is 5.10 Å². The SMILES string of the molecule is Cc1cc(-c2ccnn2C)c2cccc(OCc3c(Cl)cc(F)cc3[C@H](C)NC(=O)[C@@H](C)O)c2n1. The lowest BCUT2D eigenvalue weighted by molar-refractivity contribution is -0.129. The summed E-state index contributed by atoms with van der Waals surface area (Å²) < 4.78 is 22.2. The molecule has 0 radical (unpaired) electrons. The molecule has 35 heavy (non-hydrogen) atoms. The number of amides is 1. The monoisotopic (exact) mass is 496 g/mol. The summed E-state index contributed by atoms with van der Waals surface area (Å²) in [6.45, 7) is 4.99. The number of para-hydroxylation sites is 1. The van der Waals surface area contributed by atoms with Gasteiger partial charge in [0.25, 0.3) is 0 Å². The minimum Gasteiger partial charge on any atom is -0.487 e. The number of aliphatic hydroxyl groups is 1. The molecule has 0 saturated heterocycles. The van der Waals surface area contributed by atoms with Crippen molar-refractivity contribution in [3.8, 4) is 17.0 Å². The van der Waals surface area contributed by atoms with Crippen molar-refractivity contribution in [3.63, 3.8) is 0 Å². The molecule has 1 amide bonds. The second-order valence-corrected chi connectivity index (χ2v) is 8.86. The van der Waals surface area contributed by atoms with Crippen LogP contribution in [0.5, 0.6) is 5.75 Å². The molecule has 0 spiro atoms. The van der Waals surface area contributed by atoms with Crippen LogP contribution in [0.4, 0.5) is 4.39 Å². The predicted molar refractivity (Wildman–Crippen MR) is 133 cm³/mol. The number of fused-ring (bicyclic) bond motifs is 1. The number of benzene rings is 2. The maximum Gasteiger partial charge on any atom is 0.249 e. The Bertz CT molecular complexity index is 1400. The number of nitrogens with zero attached hydrogens (tertiary/aromatic N) is 3. The first-order valence-corrected chi connectivity index (χ1v) is 11.5. The molecule has 9 heteroatoms. The van der Waals surface area contributed by atoms with Crippen molar-refractivity contribution in [3.05, 3.63) is 76.3 Å². The number of hydrogen-bond acceptors (Lipinski definition) is 5. The van der Waals surface area contributed by atoms with E-state index in [1.807, 2.05) is 44.3 Å². The van der Waals surface area contributed by atoms with Gasteiger partial charge < -0.3 is 15.2 Å². The quantitative estimate of drug-likeness (QED) is 0.381. The van der Waals surface area contributed by atoms with Crippen LogP contribution in [0.1, 0.15) is 36.7 Å². The van der Waals surface area contributed by atoms with Crippen LogP contribution in [0.25, 0.3) is 22.2 Å². The number of pyridine rings is 1. The van der Waals surface area contributed by atoms with Gasteiger partial charge >= 0.3 is 0 Å². The van der Waals surface area contributed by atoms with Gasteiger partial charge in [-0.3, -0.25) is 9.48 Å². The van der Waals surface area contributed by atoms with E-state index in [0.717, 1.165) is 22.3 Å². The number of ether oxygens (including phenoxy) is 1. The zero-order valence-corrected chi connectivity index (χ0v) is 20.6. The Labute approximate surface area is 207 Å². The van der Waals surface area contributed by atoms with E-state index in [4.69, 9.17) is 21.3 Å². The van der Waals surface area contributed by atoms with Crippen LogP contribution in [0.15, 0.2) is 48.7 Å². The van der Waals surface area contributed by atoms with E-state index in [9.17, 15) is 14.3 Å². The molecule has 2 aromatic heterocycles. The molecule has 2 atom stereocenters. The Morgan fingerprint density at radius 3 is 2.71 bits per heavy atom. The Morgan fingerprint density at radius 1 is 1.26 bits per heavy atom. The summed E-state index contributed by atoms with van der Waals surface area (Å²) in [6.07, 6.45) is 0.548. The molecular formula is C26H26ClFN4O3. The van der Waals surface area contributed by atoms with Gasteiger partial charge in [-0.05, 0) is 56.7 Å². The summed E-state index contributed by atoms with van der Waals surface area (Å²) in [5.74, 6) is -0.557.